The maximum Gasteiger partial charge on any atom is 0.407 e. The summed E-state index contributed by atoms with van der Waals surface area (Å²) < 4.78 is 48.1. The molecule has 0 aliphatic carbocycles. The van der Waals surface area contributed by atoms with E-state index in [-0.39, 0.29) is 41.1 Å². The molecule has 6 rings (SSSR count). The van der Waals surface area contributed by atoms with Crippen molar-refractivity contribution in [2.75, 3.05) is 38.3 Å². The van der Waals surface area contributed by atoms with Crippen LogP contribution in [0.3, 0.4) is 0 Å². The molecule has 2 aliphatic heterocycles. The first-order valence-electron chi connectivity index (χ1n) is 14.7. The summed E-state index contributed by atoms with van der Waals surface area (Å²) in [6.07, 6.45) is 6.20. The summed E-state index contributed by atoms with van der Waals surface area (Å²) in [6.45, 7) is 4.31. The number of carbonyl (C=O) groups excluding carboxylic acids is 1. The molecule has 1 aromatic carbocycles. The Morgan fingerprint density at radius 1 is 1.14 bits per heavy atom. The van der Waals surface area contributed by atoms with Crippen LogP contribution in [-0.4, -0.2) is 77.3 Å². The Kier molecular flexibility index (Phi) is 8.58. The highest BCUT2D eigenvalue weighted by atomic mass is 19.1. The number of imidazole rings is 1. The molecule has 0 spiro atoms. The lowest BCUT2D eigenvalue weighted by molar-refractivity contribution is 0.0253. The molecule has 0 saturated carbocycles. The second-order valence-corrected chi connectivity index (χ2v) is 11.3. The standard InChI is InChI=1S/C31H35F2N7O4/c1-18-16-39(17-25(34)30(18)37-31(41)42-2)27-5-8-35-14-19(27)11-28-36-15-20-3-4-26(38-40(20)28)29-23(32)12-22(13-24(29)33)44-21-6-9-43-10-7-21/h3-5,8,12-15,18,21,25,30H,6-7,9-11,16-17,34H2,1-2H3,(H,37,41)/t18-,25+,30-/m0/s1. The molecular formula is C31H35F2N7O4. The molecule has 0 bridgehead atoms. The summed E-state index contributed by atoms with van der Waals surface area (Å²) in [4.78, 5) is 22.9. The number of nitrogens with zero attached hydrogens (tertiary/aromatic N) is 5. The van der Waals surface area contributed by atoms with E-state index in [0.29, 0.717) is 56.9 Å². The van der Waals surface area contributed by atoms with Crippen LogP contribution < -0.4 is 20.7 Å². The first-order chi connectivity index (χ1) is 21.3. The van der Waals surface area contributed by atoms with Gasteiger partial charge in [0.2, 0.25) is 0 Å². The summed E-state index contributed by atoms with van der Waals surface area (Å²) in [7, 11) is 1.33. The number of nitrogens with one attached hydrogen (secondary N) is 1. The van der Waals surface area contributed by atoms with Crippen molar-refractivity contribution in [2.45, 2.75) is 44.4 Å². The molecular weight excluding hydrogens is 572 g/mol. The van der Waals surface area contributed by atoms with Gasteiger partial charge in [0.15, 0.2) is 0 Å². The fourth-order valence-electron chi connectivity index (χ4n) is 6.04. The molecule has 1 amide bonds. The van der Waals surface area contributed by atoms with Gasteiger partial charge in [-0.15, -0.1) is 0 Å². The Labute approximate surface area is 253 Å². The SMILES string of the molecule is COC(=O)N[C@@H]1[C@H](N)CN(c2ccncc2Cc2ncc3ccc(-c4c(F)cc(OC5CCOCC5)cc4F)nn23)C[C@@H]1C. The lowest BCUT2D eigenvalue weighted by atomic mass is 9.89. The molecule has 3 N–H and O–H groups in total. The number of aromatic nitrogens is 4. The van der Waals surface area contributed by atoms with Crippen LogP contribution >= 0.6 is 0 Å². The minimum absolute atomic E-state index is 0.0496. The van der Waals surface area contributed by atoms with Gasteiger partial charge in [0, 0.05) is 74.2 Å². The second kappa shape index (κ2) is 12.7. The fourth-order valence-corrected chi connectivity index (χ4v) is 6.04. The third-order valence-corrected chi connectivity index (χ3v) is 8.25. The van der Waals surface area contributed by atoms with Crippen LogP contribution in [0.25, 0.3) is 16.8 Å². The first kappa shape index (κ1) is 29.7. The lowest BCUT2D eigenvalue weighted by Gasteiger charge is -2.42. The maximum atomic E-state index is 15.3. The summed E-state index contributed by atoms with van der Waals surface area (Å²) in [5.41, 5.74) is 8.88. The number of pyridine rings is 1. The van der Waals surface area contributed by atoms with E-state index in [1.165, 1.54) is 19.2 Å². The zero-order chi connectivity index (χ0) is 30.8. The fraction of sp³-hybridized carbons (Fsp3) is 0.419. The van der Waals surface area contributed by atoms with Gasteiger partial charge < -0.3 is 30.2 Å². The van der Waals surface area contributed by atoms with Gasteiger partial charge in [-0.25, -0.2) is 23.1 Å². The van der Waals surface area contributed by atoms with Crippen molar-refractivity contribution in [1.29, 1.82) is 0 Å². The molecule has 232 valence electrons. The van der Waals surface area contributed by atoms with Crippen molar-refractivity contribution < 1.29 is 27.8 Å². The van der Waals surface area contributed by atoms with Crippen molar-refractivity contribution in [1.82, 2.24) is 24.9 Å². The number of ether oxygens (including phenoxy) is 3. The number of halogens is 2. The topological polar surface area (TPSA) is 129 Å². The summed E-state index contributed by atoms with van der Waals surface area (Å²) in [5, 5.41) is 7.44. The highest BCUT2D eigenvalue weighted by molar-refractivity contribution is 5.68. The van der Waals surface area contributed by atoms with Gasteiger partial charge in [-0.1, -0.05) is 6.92 Å². The quantitative estimate of drug-likeness (QED) is 0.323. The Bertz CT molecular complexity index is 1610. The lowest BCUT2D eigenvalue weighted by Crippen LogP contribution is -2.62. The van der Waals surface area contributed by atoms with E-state index in [2.05, 4.69) is 25.3 Å². The van der Waals surface area contributed by atoms with Gasteiger partial charge in [-0.05, 0) is 24.1 Å². The third-order valence-electron chi connectivity index (χ3n) is 8.25. The average Bonchev–Trinajstić information content (AvgIpc) is 3.41. The van der Waals surface area contributed by atoms with Crippen LogP contribution in [0, 0.1) is 17.6 Å². The van der Waals surface area contributed by atoms with Crippen molar-refractivity contribution in [2.24, 2.45) is 11.7 Å². The van der Waals surface area contributed by atoms with Gasteiger partial charge in [0.05, 0.1) is 49.3 Å². The van der Waals surface area contributed by atoms with E-state index in [0.717, 1.165) is 11.3 Å². The zero-order valence-corrected chi connectivity index (χ0v) is 24.6. The van der Waals surface area contributed by atoms with Crippen LogP contribution in [-0.2, 0) is 15.9 Å². The second-order valence-electron chi connectivity index (χ2n) is 11.3. The molecule has 3 aromatic heterocycles. The number of rotatable bonds is 7. The zero-order valence-electron chi connectivity index (χ0n) is 24.6. The highest BCUT2D eigenvalue weighted by Gasteiger charge is 2.34. The average molecular weight is 608 g/mol. The number of carbonyl (C=O) groups is 1. The molecule has 13 heteroatoms. The number of hydrogen-bond acceptors (Lipinski definition) is 9. The Morgan fingerprint density at radius 3 is 2.64 bits per heavy atom. The van der Waals surface area contributed by atoms with Gasteiger partial charge >= 0.3 is 6.09 Å². The summed E-state index contributed by atoms with van der Waals surface area (Å²) in [5.74, 6) is -0.746. The molecule has 0 unspecified atom stereocenters. The van der Waals surface area contributed by atoms with Crippen LogP contribution in [0.15, 0.2) is 48.9 Å². The minimum Gasteiger partial charge on any atom is -0.490 e. The van der Waals surface area contributed by atoms with Gasteiger partial charge in [-0.2, -0.15) is 5.10 Å². The molecule has 2 aliphatic rings. The van der Waals surface area contributed by atoms with Crippen LogP contribution in [0.2, 0.25) is 0 Å². The van der Waals surface area contributed by atoms with E-state index in [4.69, 9.17) is 19.9 Å². The molecule has 2 fully saturated rings. The molecule has 11 nitrogen and oxygen atoms in total. The number of piperidine rings is 1. The number of fused-ring (bicyclic) bond motifs is 1. The number of anilines is 1. The van der Waals surface area contributed by atoms with Crippen molar-refractivity contribution >= 4 is 17.3 Å². The number of methoxy groups -OCH3 is 1. The number of hydrogen-bond donors (Lipinski definition) is 2. The summed E-state index contributed by atoms with van der Waals surface area (Å²) >= 11 is 0. The smallest absolute Gasteiger partial charge is 0.407 e. The molecule has 0 radical (unpaired) electrons. The van der Waals surface area contributed by atoms with Crippen LogP contribution in [0.5, 0.6) is 5.75 Å². The normalized spacial score (nSPS) is 20.9. The van der Waals surface area contributed by atoms with E-state index >= 15 is 8.78 Å². The number of nitrogens with two attached hydrogens (primary N) is 1. The van der Waals surface area contributed by atoms with Crippen molar-refractivity contribution in [3.63, 3.8) is 0 Å². The predicted molar refractivity (Wildman–Crippen MR) is 159 cm³/mol. The van der Waals surface area contributed by atoms with Gasteiger partial charge in [0.1, 0.15) is 29.3 Å². The van der Waals surface area contributed by atoms with E-state index in [9.17, 15) is 4.79 Å². The Hall–Kier alpha value is -4.36. The van der Waals surface area contributed by atoms with E-state index in [1.807, 2.05) is 13.0 Å². The maximum absolute atomic E-state index is 15.3. The predicted octanol–water partition coefficient (Wildman–Crippen LogP) is 3.73. The van der Waals surface area contributed by atoms with Gasteiger partial charge in [0.25, 0.3) is 0 Å². The van der Waals surface area contributed by atoms with Crippen molar-refractivity contribution in [3.05, 3.63) is 71.9 Å². The number of amides is 1. The highest BCUT2D eigenvalue weighted by Crippen LogP contribution is 2.31. The number of benzene rings is 1. The summed E-state index contributed by atoms with van der Waals surface area (Å²) in [6, 6.07) is 7.07. The first-order valence-corrected chi connectivity index (χ1v) is 14.7. The van der Waals surface area contributed by atoms with E-state index in [1.54, 1.807) is 35.2 Å². The van der Waals surface area contributed by atoms with Crippen LogP contribution in [0.4, 0.5) is 19.3 Å². The Morgan fingerprint density at radius 2 is 1.91 bits per heavy atom. The largest absolute Gasteiger partial charge is 0.490 e. The van der Waals surface area contributed by atoms with Crippen LogP contribution in [0.1, 0.15) is 31.2 Å². The number of alkyl carbamates (subject to hydrolysis) is 1. The van der Waals surface area contributed by atoms with Crippen molar-refractivity contribution in [3.8, 4) is 17.0 Å². The molecule has 44 heavy (non-hydrogen) atoms. The third kappa shape index (κ3) is 6.15. The molecule has 4 aromatic rings. The molecule has 5 heterocycles. The Balaban J connectivity index is 1.24. The van der Waals surface area contributed by atoms with Gasteiger partial charge in [-0.3, -0.25) is 4.98 Å². The monoisotopic (exact) mass is 607 g/mol. The molecule has 3 atom stereocenters. The minimum atomic E-state index is -0.759. The van der Waals surface area contributed by atoms with E-state index < -0.39 is 17.7 Å². The molecule has 2 saturated heterocycles.